The van der Waals surface area contributed by atoms with E-state index in [2.05, 4.69) is 0 Å². The molecule has 0 aromatic carbocycles. The third kappa shape index (κ3) is 5.32. The summed E-state index contributed by atoms with van der Waals surface area (Å²) in [5, 5.41) is 0. The van der Waals surface area contributed by atoms with E-state index in [4.69, 9.17) is 7.98 Å². The number of hydrogen-bond donors (Lipinski definition) is 1. The van der Waals surface area contributed by atoms with Crippen molar-refractivity contribution in [2.24, 2.45) is 0 Å². The van der Waals surface area contributed by atoms with Crippen molar-refractivity contribution >= 4 is 35.1 Å². The first kappa shape index (κ1) is 9.87. The van der Waals surface area contributed by atoms with Crippen molar-refractivity contribution in [1.82, 2.24) is 0 Å². The summed E-state index contributed by atoms with van der Waals surface area (Å²) in [6.07, 6.45) is 4.01. The molecular weight excluding hydrogens is 327 g/mol. The van der Waals surface area contributed by atoms with Gasteiger partial charge in [-0.25, -0.2) is 0 Å². The molecule has 1 aliphatic heterocycles. The fourth-order valence-electron chi connectivity index (χ4n) is 0.902. The molecule has 0 spiro atoms. The van der Waals surface area contributed by atoms with Crippen molar-refractivity contribution in [1.29, 1.82) is 3.24 Å². The Morgan fingerprint density at radius 1 is 1.44 bits per heavy atom. The van der Waals surface area contributed by atoms with E-state index in [1.54, 1.807) is 0 Å². The summed E-state index contributed by atoms with van der Waals surface area (Å²) in [7, 11) is 1.23. The third-order valence-electron chi connectivity index (χ3n) is 1.41. The first-order chi connectivity index (χ1) is 4.39. The molecule has 1 atom stereocenters. The first-order valence-corrected chi connectivity index (χ1v) is 5.96. The van der Waals surface area contributed by atoms with Crippen LogP contribution < -0.4 is 0 Å². The molecule has 4 heteroatoms. The third-order valence-corrected chi connectivity index (χ3v) is 2.32. The summed E-state index contributed by atoms with van der Waals surface area (Å²) >= 11 is 0.833. The number of hydrogen-bond acceptors (Lipinski definition) is 2. The second-order valence-corrected chi connectivity index (χ2v) is 3.47. The van der Waals surface area contributed by atoms with E-state index < -0.39 is 0 Å². The Balaban J connectivity index is 0.000000291. The fourth-order valence-corrected chi connectivity index (χ4v) is 1.55. The van der Waals surface area contributed by atoms with Crippen LogP contribution in [-0.4, -0.2) is 47.5 Å². The van der Waals surface area contributed by atoms with Crippen LogP contribution in [0.5, 0.6) is 0 Å². The molecule has 0 aromatic heterocycles. The van der Waals surface area contributed by atoms with Gasteiger partial charge in [0, 0.05) is 22.6 Å². The maximum atomic E-state index is 5.83. The van der Waals surface area contributed by atoms with Gasteiger partial charge in [0.2, 0.25) is 0 Å². The van der Waals surface area contributed by atoms with E-state index in [9.17, 15) is 0 Å². The van der Waals surface area contributed by atoms with E-state index in [-0.39, 0.29) is 0 Å². The average Bonchev–Trinajstić information content (AvgIpc) is 1.94. The minimum absolute atomic E-state index is 0.675. The summed E-state index contributed by atoms with van der Waals surface area (Å²) < 4.78 is 11.2. The number of rotatable bonds is 0. The molecule has 1 fully saturated rings. The molecule has 1 unspecified atom stereocenters. The standard InChI is InChI=1S/C5H12OSi.HN.Po/c7-5-3-1-2-4-6-5;;/h5H,1-4H2,7H3;1H;. The van der Waals surface area contributed by atoms with Crippen LogP contribution >= 0.6 is 0 Å². The van der Waals surface area contributed by atoms with Gasteiger partial charge in [0.05, 0.1) is 0 Å². The van der Waals surface area contributed by atoms with E-state index in [1.807, 2.05) is 0 Å². The van der Waals surface area contributed by atoms with Crippen molar-refractivity contribution in [2.45, 2.75) is 25.0 Å². The van der Waals surface area contributed by atoms with Gasteiger partial charge in [0.15, 0.2) is 0 Å². The number of nitrogens with one attached hydrogen (secondary N) is 1. The molecule has 1 N–H and O–H groups in total. The van der Waals surface area contributed by atoms with Gasteiger partial charge in [-0.3, -0.25) is 0 Å². The van der Waals surface area contributed by atoms with Crippen LogP contribution in [0.3, 0.4) is 0 Å². The molecule has 1 heterocycles. The summed E-state index contributed by atoms with van der Waals surface area (Å²) in [5.74, 6) is 0. The van der Waals surface area contributed by atoms with Crippen LogP contribution in [0.1, 0.15) is 19.3 Å². The van der Waals surface area contributed by atoms with Crippen LogP contribution in [-0.2, 0) is 4.74 Å². The quantitative estimate of drug-likeness (QED) is 0.609. The predicted octanol–water partition coefficient (Wildman–Crippen LogP) is -0.204. The Labute approximate surface area is 74.6 Å². The Kier molecular flexibility index (Phi) is 7.66. The second kappa shape index (κ2) is 6.99. The van der Waals surface area contributed by atoms with Crippen molar-refractivity contribution in [2.75, 3.05) is 6.61 Å². The Morgan fingerprint density at radius 3 is 2.33 bits per heavy atom. The molecule has 0 amide bonds. The molecule has 0 aromatic rings. The Morgan fingerprint density at radius 2 is 2.11 bits per heavy atom. The van der Waals surface area contributed by atoms with Crippen molar-refractivity contribution in [3.63, 3.8) is 0 Å². The number of ether oxygens (including phenoxy) is 1. The average molecular weight is 340 g/mol. The van der Waals surface area contributed by atoms with E-state index in [1.165, 1.54) is 29.5 Å². The zero-order valence-electron chi connectivity index (χ0n) is 5.72. The summed E-state index contributed by atoms with van der Waals surface area (Å²) in [6, 6.07) is 0. The minimum Gasteiger partial charge on any atom is -0.383 e. The molecule has 1 saturated heterocycles. The summed E-state index contributed by atoms with van der Waals surface area (Å²) in [6.45, 7) is 1.02. The minimum atomic E-state index is 0.675. The fraction of sp³-hybridized carbons (Fsp3) is 1.00. The Bertz CT molecular complexity index is 68.0. The monoisotopic (exact) mass is 340 g/mol. The van der Waals surface area contributed by atoms with E-state index in [0.29, 0.717) is 5.73 Å². The summed E-state index contributed by atoms with van der Waals surface area (Å²) in [4.78, 5) is 0. The molecule has 1 aliphatic rings. The van der Waals surface area contributed by atoms with Crippen LogP contribution in [0.15, 0.2) is 0 Å². The second-order valence-electron chi connectivity index (χ2n) is 2.18. The Hall–Kier alpha value is 0.873. The molecule has 2 nitrogen and oxygen atoms in total. The molecular formula is C5H13NOPoSi. The van der Waals surface area contributed by atoms with Gasteiger partial charge in [0.1, 0.15) is 0 Å². The molecule has 54 valence electrons. The van der Waals surface area contributed by atoms with Gasteiger partial charge in [0.25, 0.3) is 0 Å². The topological polar surface area (TPSA) is 33.1 Å². The maximum Gasteiger partial charge on any atom is 0.0465 e. The van der Waals surface area contributed by atoms with Crippen LogP contribution in [0.4, 0.5) is 0 Å². The molecule has 0 aliphatic carbocycles. The SMILES string of the molecule is [NH]=[Po].[SiH3]C1CCCCO1. The van der Waals surface area contributed by atoms with Gasteiger partial charge < -0.3 is 4.74 Å². The molecule has 0 bridgehead atoms. The van der Waals surface area contributed by atoms with Gasteiger partial charge in [-0.05, 0) is 19.3 Å². The van der Waals surface area contributed by atoms with Crippen molar-refractivity contribution < 1.29 is 4.74 Å². The van der Waals surface area contributed by atoms with Crippen LogP contribution in [0, 0.1) is 3.24 Å². The normalized spacial score (nSPS) is 26.4. The van der Waals surface area contributed by atoms with E-state index >= 15 is 0 Å². The maximum absolute atomic E-state index is 5.83. The molecule has 0 radical (unpaired) electrons. The first-order valence-electron chi connectivity index (χ1n) is 3.21. The molecule has 1 rings (SSSR count). The zero-order valence-corrected chi connectivity index (χ0v) is 10.9. The van der Waals surface area contributed by atoms with Crippen molar-refractivity contribution in [3.05, 3.63) is 0 Å². The van der Waals surface area contributed by atoms with Crippen molar-refractivity contribution in [3.8, 4) is 0 Å². The summed E-state index contributed by atoms with van der Waals surface area (Å²) in [5.41, 5.74) is 0.675. The zero-order chi connectivity index (χ0) is 7.11. The molecule has 9 heavy (non-hydrogen) atoms. The van der Waals surface area contributed by atoms with Gasteiger partial charge in [-0.1, -0.05) is 0 Å². The van der Waals surface area contributed by atoms with Crippen LogP contribution in [0.2, 0.25) is 0 Å². The van der Waals surface area contributed by atoms with E-state index in [0.717, 1.165) is 31.5 Å². The predicted molar refractivity (Wildman–Crippen MR) is 42.0 cm³/mol. The smallest absolute Gasteiger partial charge is 0.0465 e. The molecule has 0 saturated carbocycles. The van der Waals surface area contributed by atoms with Gasteiger partial charge in [-0.15, -0.1) is 0 Å². The largest absolute Gasteiger partial charge is 0.383 e. The van der Waals surface area contributed by atoms with Crippen LogP contribution in [0.25, 0.3) is 0 Å². The van der Waals surface area contributed by atoms with Gasteiger partial charge in [-0.2, -0.15) is 0 Å². The van der Waals surface area contributed by atoms with Gasteiger partial charge >= 0.3 is 28.1 Å².